The van der Waals surface area contributed by atoms with Gasteiger partial charge in [-0.2, -0.15) is 11.8 Å². The van der Waals surface area contributed by atoms with E-state index in [0.29, 0.717) is 11.8 Å². The van der Waals surface area contributed by atoms with E-state index >= 15 is 0 Å². The van der Waals surface area contributed by atoms with Gasteiger partial charge in [0, 0.05) is 6.54 Å². The summed E-state index contributed by atoms with van der Waals surface area (Å²) in [6.07, 6.45) is 9.21. The summed E-state index contributed by atoms with van der Waals surface area (Å²) >= 11 is 1.89. The molecule has 110 valence electrons. The molecule has 1 amide bonds. The number of carbonyl (C=O) groups excluding carboxylic acids is 1. The summed E-state index contributed by atoms with van der Waals surface area (Å²) < 4.78 is 0. The van der Waals surface area contributed by atoms with Crippen LogP contribution in [-0.2, 0) is 4.79 Å². The average Bonchev–Trinajstić information content (AvgIpc) is 2.95. The van der Waals surface area contributed by atoms with Crippen molar-refractivity contribution in [3.8, 4) is 0 Å². The fourth-order valence-electron chi connectivity index (χ4n) is 3.46. The average molecular weight is 284 g/mol. The van der Waals surface area contributed by atoms with Crippen LogP contribution in [0.15, 0.2) is 0 Å². The minimum Gasteiger partial charge on any atom is -0.325 e. The lowest BCUT2D eigenvalue weighted by Gasteiger charge is -2.27. The van der Waals surface area contributed by atoms with Gasteiger partial charge in [0.2, 0.25) is 5.91 Å². The maximum atomic E-state index is 12.8. The van der Waals surface area contributed by atoms with Gasteiger partial charge in [0.05, 0.1) is 11.7 Å². The lowest BCUT2D eigenvalue weighted by atomic mass is 9.98. The molecule has 1 heterocycles. The molecule has 0 bridgehead atoms. The van der Waals surface area contributed by atoms with E-state index in [1.165, 1.54) is 25.0 Å². The molecule has 3 nitrogen and oxygen atoms in total. The number of hydrogen-bond acceptors (Lipinski definition) is 3. The van der Waals surface area contributed by atoms with Gasteiger partial charge in [0.15, 0.2) is 0 Å². The molecular weight excluding hydrogens is 256 g/mol. The summed E-state index contributed by atoms with van der Waals surface area (Å²) in [5.41, 5.74) is -0.200. The van der Waals surface area contributed by atoms with Crippen molar-refractivity contribution in [2.75, 3.05) is 18.6 Å². The molecule has 1 saturated heterocycles. The zero-order valence-electron chi connectivity index (χ0n) is 12.6. The molecule has 2 aliphatic rings. The molecule has 1 spiro atoms. The zero-order chi connectivity index (χ0) is 13.9. The Morgan fingerprint density at radius 2 is 2.05 bits per heavy atom. The maximum Gasteiger partial charge on any atom is 0.244 e. The third kappa shape index (κ3) is 3.10. The Bertz CT molecular complexity index is 313. The van der Waals surface area contributed by atoms with Crippen molar-refractivity contribution in [3.63, 3.8) is 0 Å². The van der Waals surface area contributed by atoms with Crippen molar-refractivity contribution in [3.05, 3.63) is 0 Å². The number of nitrogens with zero attached hydrogens (tertiary/aromatic N) is 1. The molecular formula is C15H28N2OS. The van der Waals surface area contributed by atoms with Gasteiger partial charge in [-0.3, -0.25) is 10.1 Å². The van der Waals surface area contributed by atoms with Crippen LogP contribution in [0.4, 0.5) is 0 Å². The van der Waals surface area contributed by atoms with Crippen LogP contribution < -0.4 is 5.32 Å². The van der Waals surface area contributed by atoms with E-state index in [1.54, 1.807) is 0 Å². The minimum atomic E-state index is -0.200. The lowest BCUT2D eigenvalue weighted by Crippen LogP contribution is -2.45. The van der Waals surface area contributed by atoms with E-state index in [1.807, 2.05) is 11.8 Å². The smallest absolute Gasteiger partial charge is 0.244 e. The van der Waals surface area contributed by atoms with Crippen LogP contribution in [0.3, 0.4) is 0 Å². The molecule has 0 aromatic carbocycles. The quantitative estimate of drug-likeness (QED) is 0.761. The first-order valence-corrected chi connectivity index (χ1v) is 9.08. The third-order valence-electron chi connectivity index (χ3n) is 4.52. The number of thioether (sulfide) groups is 1. The summed E-state index contributed by atoms with van der Waals surface area (Å²) in [5.74, 6) is 2.07. The van der Waals surface area contributed by atoms with Crippen molar-refractivity contribution < 1.29 is 4.79 Å². The fraction of sp³-hybridized carbons (Fsp3) is 0.933. The van der Waals surface area contributed by atoms with Crippen molar-refractivity contribution in [2.45, 2.75) is 64.1 Å². The van der Waals surface area contributed by atoms with Crippen molar-refractivity contribution in [1.82, 2.24) is 10.2 Å². The highest BCUT2D eigenvalue weighted by atomic mass is 32.2. The Kier molecular flexibility index (Phi) is 5.18. The van der Waals surface area contributed by atoms with Crippen LogP contribution in [0.5, 0.6) is 0 Å². The summed E-state index contributed by atoms with van der Waals surface area (Å²) in [4.78, 5) is 14.9. The van der Waals surface area contributed by atoms with Crippen molar-refractivity contribution in [1.29, 1.82) is 0 Å². The summed E-state index contributed by atoms with van der Waals surface area (Å²) in [6.45, 7) is 5.36. The molecule has 19 heavy (non-hydrogen) atoms. The Morgan fingerprint density at radius 3 is 2.63 bits per heavy atom. The standard InChI is InChI=1S/C15H28N2OS/c1-12(2)13-16-15(8-4-5-9-15)14(18)17(13)10-6-7-11-19-3/h12-13,16H,4-11H2,1-3H3. The monoisotopic (exact) mass is 284 g/mol. The van der Waals surface area contributed by atoms with Crippen LogP contribution in [0.25, 0.3) is 0 Å². The molecule has 1 unspecified atom stereocenters. The van der Waals surface area contributed by atoms with E-state index in [2.05, 4.69) is 30.3 Å². The van der Waals surface area contributed by atoms with Gasteiger partial charge in [-0.1, -0.05) is 26.7 Å². The first-order valence-electron chi connectivity index (χ1n) is 7.68. The van der Waals surface area contributed by atoms with Crippen LogP contribution in [0.2, 0.25) is 0 Å². The third-order valence-corrected chi connectivity index (χ3v) is 5.21. The molecule has 1 aliphatic heterocycles. The Labute approximate surface area is 121 Å². The van der Waals surface area contributed by atoms with Gasteiger partial charge < -0.3 is 4.90 Å². The lowest BCUT2D eigenvalue weighted by molar-refractivity contribution is -0.133. The normalized spacial score (nSPS) is 26.0. The predicted molar refractivity (Wildman–Crippen MR) is 82.3 cm³/mol. The topological polar surface area (TPSA) is 32.3 Å². The van der Waals surface area contributed by atoms with Crippen LogP contribution in [0.1, 0.15) is 52.4 Å². The number of hydrogen-bond donors (Lipinski definition) is 1. The highest BCUT2D eigenvalue weighted by Gasteiger charge is 2.52. The van der Waals surface area contributed by atoms with Gasteiger partial charge >= 0.3 is 0 Å². The van der Waals surface area contributed by atoms with Crippen LogP contribution in [0, 0.1) is 5.92 Å². The summed E-state index contributed by atoms with van der Waals surface area (Å²) in [7, 11) is 0. The number of carbonyl (C=O) groups is 1. The number of rotatable bonds is 6. The second-order valence-corrected chi connectivity index (χ2v) is 7.31. The second-order valence-electron chi connectivity index (χ2n) is 6.32. The van der Waals surface area contributed by atoms with Crippen molar-refractivity contribution >= 4 is 17.7 Å². The van der Waals surface area contributed by atoms with Gasteiger partial charge in [0.25, 0.3) is 0 Å². The number of unbranched alkanes of at least 4 members (excludes halogenated alkanes) is 1. The molecule has 1 saturated carbocycles. The largest absolute Gasteiger partial charge is 0.325 e. The molecule has 0 aromatic heterocycles. The van der Waals surface area contributed by atoms with Crippen molar-refractivity contribution in [2.24, 2.45) is 5.92 Å². The van der Waals surface area contributed by atoms with Gasteiger partial charge in [-0.05, 0) is 43.6 Å². The zero-order valence-corrected chi connectivity index (χ0v) is 13.4. The highest BCUT2D eigenvalue weighted by molar-refractivity contribution is 7.98. The van der Waals surface area contributed by atoms with E-state index in [0.717, 1.165) is 25.8 Å². The first-order chi connectivity index (χ1) is 9.10. The molecule has 1 aliphatic carbocycles. The van der Waals surface area contributed by atoms with E-state index in [4.69, 9.17) is 0 Å². The number of amides is 1. The Morgan fingerprint density at radius 1 is 1.37 bits per heavy atom. The highest BCUT2D eigenvalue weighted by Crippen LogP contribution is 2.37. The van der Waals surface area contributed by atoms with Gasteiger partial charge in [0.1, 0.15) is 0 Å². The fourth-order valence-corrected chi connectivity index (χ4v) is 3.95. The maximum absolute atomic E-state index is 12.8. The van der Waals surface area contributed by atoms with E-state index in [-0.39, 0.29) is 11.7 Å². The predicted octanol–water partition coefficient (Wildman–Crippen LogP) is 2.86. The molecule has 2 fully saturated rings. The first kappa shape index (κ1) is 15.2. The van der Waals surface area contributed by atoms with Gasteiger partial charge in [-0.15, -0.1) is 0 Å². The molecule has 4 heteroatoms. The van der Waals surface area contributed by atoms with E-state index in [9.17, 15) is 4.79 Å². The molecule has 0 aromatic rings. The van der Waals surface area contributed by atoms with Gasteiger partial charge in [-0.25, -0.2) is 0 Å². The Balaban J connectivity index is 1.99. The molecule has 1 N–H and O–H groups in total. The summed E-state index contributed by atoms with van der Waals surface area (Å²) in [5, 5.41) is 3.68. The second kappa shape index (κ2) is 6.49. The Hall–Kier alpha value is -0.220. The minimum absolute atomic E-state index is 0.200. The van der Waals surface area contributed by atoms with Crippen LogP contribution in [-0.4, -0.2) is 41.1 Å². The molecule has 0 radical (unpaired) electrons. The number of nitrogens with one attached hydrogen (secondary N) is 1. The SMILES string of the molecule is CSCCCCN1C(=O)C2(CCCC2)NC1C(C)C. The molecule has 2 rings (SSSR count). The van der Waals surface area contributed by atoms with Crippen LogP contribution >= 0.6 is 11.8 Å². The van der Waals surface area contributed by atoms with E-state index < -0.39 is 0 Å². The molecule has 1 atom stereocenters. The summed E-state index contributed by atoms with van der Waals surface area (Å²) in [6, 6.07) is 0.